The van der Waals surface area contributed by atoms with E-state index < -0.39 is 11.8 Å². The molecule has 0 N–H and O–H groups in total. The van der Waals surface area contributed by atoms with Gasteiger partial charge in [0, 0.05) is 11.1 Å². The largest absolute Gasteiger partial charge is 0.494 e. The Hall–Kier alpha value is -1.91. The summed E-state index contributed by atoms with van der Waals surface area (Å²) in [5.74, 6) is -1.34. The predicted molar refractivity (Wildman–Crippen MR) is 54.1 cm³/mol. The lowest BCUT2D eigenvalue weighted by Crippen LogP contribution is -2.09. The Balaban J connectivity index is 3.20. The van der Waals surface area contributed by atoms with Crippen LogP contribution in [-0.2, 0) is 16.0 Å². The summed E-state index contributed by atoms with van der Waals surface area (Å²) in [5.41, 5.74) is 0.102. The molecule has 0 heterocycles. The van der Waals surface area contributed by atoms with Crippen LogP contribution in [0.25, 0.3) is 0 Å². The van der Waals surface area contributed by atoms with Gasteiger partial charge in [-0.15, -0.1) is 0 Å². The highest BCUT2D eigenvalue weighted by Crippen LogP contribution is 2.23. The number of ether oxygens (including phenoxy) is 2. The molecule has 0 aromatic heterocycles. The number of halogens is 1. The van der Waals surface area contributed by atoms with Crippen molar-refractivity contribution < 1.29 is 23.5 Å². The van der Waals surface area contributed by atoms with E-state index >= 15 is 0 Å². The van der Waals surface area contributed by atoms with Crippen molar-refractivity contribution in [2.24, 2.45) is 0 Å². The van der Waals surface area contributed by atoms with Gasteiger partial charge in [-0.1, -0.05) is 0 Å². The van der Waals surface area contributed by atoms with Crippen LogP contribution in [0.3, 0.4) is 0 Å². The predicted octanol–water partition coefficient (Wildman–Crippen LogP) is 1.36. The van der Waals surface area contributed by atoms with Crippen molar-refractivity contribution in [3.63, 3.8) is 0 Å². The first kappa shape index (κ1) is 12.2. The second-order valence-corrected chi connectivity index (χ2v) is 3.02. The van der Waals surface area contributed by atoms with Gasteiger partial charge in [-0.2, -0.15) is 0 Å². The quantitative estimate of drug-likeness (QED) is 0.574. The Morgan fingerprint density at radius 3 is 2.62 bits per heavy atom. The fourth-order valence-electron chi connectivity index (χ4n) is 1.28. The van der Waals surface area contributed by atoms with E-state index in [9.17, 15) is 14.0 Å². The average Bonchev–Trinajstić information content (AvgIpc) is 2.31. The molecular formula is C11H11FO4. The Labute approximate surface area is 92.0 Å². The number of aldehydes is 1. The number of hydrogen-bond acceptors (Lipinski definition) is 4. The number of carbonyl (C=O) groups excluding carboxylic acids is 2. The molecule has 4 nitrogen and oxygen atoms in total. The summed E-state index contributed by atoms with van der Waals surface area (Å²) < 4.78 is 22.9. The fourth-order valence-corrected chi connectivity index (χ4v) is 1.28. The van der Waals surface area contributed by atoms with Crippen molar-refractivity contribution in [3.05, 3.63) is 29.1 Å². The number of benzene rings is 1. The zero-order valence-electron chi connectivity index (χ0n) is 8.95. The number of esters is 1. The van der Waals surface area contributed by atoms with Gasteiger partial charge in [0.05, 0.1) is 20.6 Å². The molecule has 16 heavy (non-hydrogen) atoms. The molecule has 86 valence electrons. The summed E-state index contributed by atoms with van der Waals surface area (Å²) in [4.78, 5) is 21.7. The van der Waals surface area contributed by atoms with Gasteiger partial charge < -0.3 is 9.47 Å². The molecule has 1 rings (SSSR count). The van der Waals surface area contributed by atoms with E-state index in [2.05, 4.69) is 4.74 Å². The fraction of sp³-hybridized carbons (Fsp3) is 0.273. The summed E-state index contributed by atoms with van der Waals surface area (Å²) in [6, 6.07) is 2.73. The SMILES string of the molecule is COC(=O)Cc1c(C=O)ccc(OC)c1F. The third-order valence-electron chi connectivity index (χ3n) is 2.14. The molecule has 0 aliphatic carbocycles. The molecule has 1 aromatic carbocycles. The molecular weight excluding hydrogens is 215 g/mol. The van der Waals surface area contributed by atoms with Crippen LogP contribution >= 0.6 is 0 Å². The molecule has 0 saturated carbocycles. The smallest absolute Gasteiger partial charge is 0.310 e. The van der Waals surface area contributed by atoms with Crippen LogP contribution in [0.15, 0.2) is 12.1 Å². The molecule has 0 atom stereocenters. The van der Waals surface area contributed by atoms with E-state index in [4.69, 9.17) is 4.74 Å². The molecule has 0 spiro atoms. The molecule has 0 unspecified atom stereocenters. The van der Waals surface area contributed by atoms with Crippen molar-refractivity contribution in [1.29, 1.82) is 0 Å². The van der Waals surface area contributed by atoms with E-state index in [0.29, 0.717) is 6.29 Å². The summed E-state index contributed by atoms with van der Waals surface area (Å²) in [5, 5.41) is 0. The molecule has 1 aromatic rings. The van der Waals surface area contributed by atoms with Crippen LogP contribution in [0.4, 0.5) is 4.39 Å². The minimum Gasteiger partial charge on any atom is -0.494 e. The molecule has 0 aliphatic rings. The van der Waals surface area contributed by atoms with Crippen LogP contribution in [0, 0.1) is 5.82 Å². The summed E-state index contributed by atoms with van der Waals surface area (Å²) in [7, 11) is 2.50. The lowest BCUT2D eigenvalue weighted by Gasteiger charge is -2.08. The third kappa shape index (κ3) is 2.36. The van der Waals surface area contributed by atoms with Gasteiger partial charge in [-0.25, -0.2) is 4.39 Å². The molecule has 0 bridgehead atoms. The van der Waals surface area contributed by atoms with Crippen molar-refractivity contribution >= 4 is 12.3 Å². The van der Waals surface area contributed by atoms with Crippen LogP contribution in [0.1, 0.15) is 15.9 Å². The van der Waals surface area contributed by atoms with Crippen molar-refractivity contribution in [1.82, 2.24) is 0 Å². The highest BCUT2D eigenvalue weighted by molar-refractivity contribution is 5.82. The van der Waals surface area contributed by atoms with Gasteiger partial charge in [0.2, 0.25) is 0 Å². The molecule has 0 aliphatic heterocycles. The Morgan fingerprint density at radius 2 is 2.12 bits per heavy atom. The van der Waals surface area contributed by atoms with E-state index in [1.165, 1.54) is 26.4 Å². The van der Waals surface area contributed by atoms with Gasteiger partial charge in [-0.05, 0) is 12.1 Å². The Bertz CT molecular complexity index is 415. The molecule has 0 saturated heterocycles. The van der Waals surface area contributed by atoms with Crippen molar-refractivity contribution in [2.75, 3.05) is 14.2 Å². The van der Waals surface area contributed by atoms with E-state index in [-0.39, 0.29) is 23.3 Å². The number of hydrogen-bond donors (Lipinski definition) is 0. The molecule has 0 amide bonds. The van der Waals surface area contributed by atoms with Gasteiger partial charge in [-0.3, -0.25) is 9.59 Å². The minimum atomic E-state index is -0.711. The van der Waals surface area contributed by atoms with Crippen LogP contribution < -0.4 is 4.74 Å². The van der Waals surface area contributed by atoms with Gasteiger partial charge in [0.25, 0.3) is 0 Å². The third-order valence-corrected chi connectivity index (χ3v) is 2.14. The summed E-state index contributed by atoms with van der Waals surface area (Å²) in [6.07, 6.45) is 0.189. The molecule has 5 heteroatoms. The standard InChI is InChI=1S/C11H11FO4/c1-15-9-4-3-7(6-13)8(11(9)12)5-10(14)16-2/h3-4,6H,5H2,1-2H3. The lowest BCUT2D eigenvalue weighted by atomic mass is 10.0. The first-order valence-corrected chi connectivity index (χ1v) is 4.51. The van der Waals surface area contributed by atoms with Gasteiger partial charge >= 0.3 is 5.97 Å². The Morgan fingerprint density at radius 1 is 1.44 bits per heavy atom. The van der Waals surface area contributed by atoms with Crippen molar-refractivity contribution in [3.8, 4) is 5.75 Å². The number of rotatable bonds is 4. The topological polar surface area (TPSA) is 52.6 Å². The van der Waals surface area contributed by atoms with E-state index in [1.54, 1.807) is 0 Å². The second kappa shape index (κ2) is 5.25. The summed E-state index contributed by atoms with van der Waals surface area (Å²) >= 11 is 0. The van der Waals surface area contributed by atoms with Crippen molar-refractivity contribution in [2.45, 2.75) is 6.42 Å². The highest BCUT2D eigenvalue weighted by atomic mass is 19.1. The number of methoxy groups -OCH3 is 2. The summed E-state index contributed by atoms with van der Waals surface area (Å²) in [6.45, 7) is 0. The van der Waals surface area contributed by atoms with E-state index in [1.807, 2.05) is 0 Å². The van der Waals surface area contributed by atoms with Gasteiger partial charge in [0.1, 0.15) is 6.29 Å². The highest BCUT2D eigenvalue weighted by Gasteiger charge is 2.16. The molecule has 0 fully saturated rings. The zero-order chi connectivity index (χ0) is 12.1. The maximum atomic E-state index is 13.7. The van der Waals surface area contributed by atoms with Gasteiger partial charge in [0.15, 0.2) is 11.6 Å². The van der Waals surface area contributed by atoms with Crippen LogP contribution in [-0.4, -0.2) is 26.5 Å². The average molecular weight is 226 g/mol. The monoisotopic (exact) mass is 226 g/mol. The first-order chi connectivity index (χ1) is 7.63. The number of carbonyl (C=O) groups is 2. The lowest BCUT2D eigenvalue weighted by molar-refractivity contribution is -0.139. The maximum absolute atomic E-state index is 13.7. The minimum absolute atomic E-state index is 0.00972. The first-order valence-electron chi connectivity index (χ1n) is 4.51. The normalized spacial score (nSPS) is 9.69. The van der Waals surface area contributed by atoms with Crippen LogP contribution in [0.5, 0.6) is 5.75 Å². The zero-order valence-corrected chi connectivity index (χ0v) is 8.95. The van der Waals surface area contributed by atoms with Crippen LogP contribution in [0.2, 0.25) is 0 Å². The van der Waals surface area contributed by atoms with E-state index in [0.717, 1.165) is 0 Å². The maximum Gasteiger partial charge on any atom is 0.310 e. The second-order valence-electron chi connectivity index (χ2n) is 3.02. The molecule has 0 radical (unpaired) electrons. The Kier molecular flexibility index (Phi) is 3.99.